The van der Waals surface area contributed by atoms with Crippen molar-refractivity contribution in [1.82, 2.24) is 9.88 Å². The van der Waals surface area contributed by atoms with Crippen molar-refractivity contribution in [2.24, 2.45) is 17.8 Å². The summed E-state index contributed by atoms with van der Waals surface area (Å²) in [6, 6.07) is 13.8. The minimum absolute atomic E-state index is 0.0979. The summed E-state index contributed by atoms with van der Waals surface area (Å²) >= 11 is 6.32. The molecule has 2 N–H and O–H groups in total. The van der Waals surface area contributed by atoms with Crippen LogP contribution in [0.25, 0.3) is 0 Å². The molecule has 55 heavy (non-hydrogen) atoms. The third-order valence-electron chi connectivity index (χ3n) is 13.7. The number of carbonyl (C=O) groups is 2. The number of carboxylic acids is 1. The number of nitrogens with one attached hydrogen (secondary N) is 1. The molecule has 294 valence electrons. The van der Waals surface area contributed by atoms with E-state index in [2.05, 4.69) is 41.2 Å². The molecular weight excluding hydrogens is 714 g/mol. The number of benzene rings is 2. The van der Waals surface area contributed by atoms with E-state index in [1.807, 2.05) is 24.4 Å². The molecule has 3 aromatic rings. The first-order valence-corrected chi connectivity index (χ1v) is 21.0. The highest BCUT2D eigenvalue weighted by Crippen LogP contribution is 2.58. The Labute approximate surface area is 330 Å². The molecule has 1 spiro atoms. The number of hydrogen-bond donors (Lipinski definition) is 2. The van der Waals surface area contributed by atoms with Crippen molar-refractivity contribution in [2.45, 2.75) is 114 Å². The second-order valence-electron chi connectivity index (χ2n) is 17.4. The molecule has 2 aromatic carbocycles. The fraction of sp³-hybridized carbons (Fsp3) is 0.578. The molecule has 5 aliphatic rings. The van der Waals surface area contributed by atoms with Gasteiger partial charge in [-0.2, -0.15) is 0 Å². The highest BCUT2D eigenvalue weighted by atomic mass is 35.5. The number of carboxylic acid groups (broad SMARTS) is 1. The lowest BCUT2D eigenvalue weighted by molar-refractivity contribution is -0.144. The van der Waals surface area contributed by atoms with Gasteiger partial charge in [-0.3, -0.25) is 14.7 Å². The fourth-order valence-corrected chi connectivity index (χ4v) is 10.8. The normalized spacial score (nSPS) is 28.3. The molecule has 4 atom stereocenters. The van der Waals surface area contributed by atoms with Crippen LogP contribution in [0.3, 0.4) is 0 Å². The quantitative estimate of drug-likeness (QED) is 0.198. The average Bonchev–Trinajstić information content (AvgIpc) is 3.44. The van der Waals surface area contributed by atoms with E-state index in [0.29, 0.717) is 48.7 Å². The van der Waals surface area contributed by atoms with Crippen molar-refractivity contribution in [3.05, 3.63) is 76.1 Å². The van der Waals surface area contributed by atoms with Gasteiger partial charge < -0.3 is 24.6 Å². The lowest BCUT2D eigenvalue weighted by Crippen LogP contribution is -2.53. The van der Waals surface area contributed by atoms with Gasteiger partial charge in [0.15, 0.2) is 11.5 Å². The number of Topliss-reactive ketones (excluding diaryl/α,β-unsaturated/α-hetero) is 1. The van der Waals surface area contributed by atoms with Crippen molar-refractivity contribution in [3.63, 3.8) is 0 Å². The number of aliphatic carboxylic acids is 1. The van der Waals surface area contributed by atoms with Crippen molar-refractivity contribution >= 4 is 29.0 Å². The number of aromatic nitrogens is 1. The average molecular weight is 770 g/mol. The van der Waals surface area contributed by atoms with Crippen molar-refractivity contribution in [3.8, 4) is 17.2 Å². The highest BCUT2D eigenvalue weighted by Gasteiger charge is 2.54. The Morgan fingerprint density at radius 3 is 2.64 bits per heavy atom. The van der Waals surface area contributed by atoms with Crippen LogP contribution in [0, 0.1) is 17.8 Å². The molecular formula is C45H56ClN3O6. The summed E-state index contributed by atoms with van der Waals surface area (Å²) in [6.07, 6.45) is 11.3. The van der Waals surface area contributed by atoms with Gasteiger partial charge in [0.1, 0.15) is 29.8 Å². The van der Waals surface area contributed by atoms with Gasteiger partial charge in [-0.15, -0.1) is 0 Å². The van der Waals surface area contributed by atoms with Gasteiger partial charge in [-0.25, -0.2) is 4.79 Å². The maximum atomic E-state index is 13.1. The minimum Gasteiger partial charge on any atom is -0.493 e. The number of piperidine rings is 1. The van der Waals surface area contributed by atoms with E-state index in [1.165, 1.54) is 28.8 Å². The Morgan fingerprint density at radius 1 is 1.09 bits per heavy atom. The Kier molecular flexibility index (Phi) is 10.8. The van der Waals surface area contributed by atoms with Crippen molar-refractivity contribution in [1.29, 1.82) is 0 Å². The zero-order chi connectivity index (χ0) is 38.3. The molecule has 3 aliphatic carbocycles. The number of rotatable bonds is 11. The van der Waals surface area contributed by atoms with Crippen LogP contribution in [0.1, 0.15) is 107 Å². The number of nitrogens with zero attached hydrogens (tertiary/aromatic N) is 2. The van der Waals surface area contributed by atoms with Crippen LogP contribution >= 0.6 is 11.6 Å². The van der Waals surface area contributed by atoms with Gasteiger partial charge in [-0.05, 0) is 161 Å². The third-order valence-corrected chi connectivity index (χ3v) is 13.9. The monoisotopic (exact) mass is 769 g/mol. The first-order valence-electron chi connectivity index (χ1n) is 20.6. The lowest BCUT2D eigenvalue weighted by atomic mass is 9.59. The maximum absolute atomic E-state index is 13.1. The van der Waals surface area contributed by atoms with Gasteiger partial charge in [0.2, 0.25) is 0 Å². The Bertz CT molecular complexity index is 1900. The number of halogens is 1. The van der Waals surface area contributed by atoms with Gasteiger partial charge in [-0.1, -0.05) is 31.5 Å². The molecule has 3 heterocycles. The highest BCUT2D eigenvalue weighted by molar-refractivity contribution is 6.30. The summed E-state index contributed by atoms with van der Waals surface area (Å²) < 4.78 is 19.7. The number of aryl methyl sites for hydroxylation is 1. The fourth-order valence-electron chi connectivity index (χ4n) is 10.6. The van der Waals surface area contributed by atoms with Crippen molar-refractivity contribution < 1.29 is 28.9 Å². The predicted octanol–water partition coefficient (Wildman–Crippen LogP) is 8.64. The van der Waals surface area contributed by atoms with Crippen LogP contribution in [0.4, 0.5) is 5.69 Å². The van der Waals surface area contributed by atoms with E-state index >= 15 is 0 Å². The van der Waals surface area contributed by atoms with E-state index in [9.17, 15) is 14.7 Å². The van der Waals surface area contributed by atoms with Crippen LogP contribution in [-0.2, 0) is 27.8 Å². The van der Waals surface area contributed by atoms with Crippen LogP contribution in [-0.4, -0.2) is 71.2 Å². The largest absolute Gasteiger partial charge is 0.493 e. The minimum atomic E-state index is -1.09. The van der Waals surface area contributed by atoms with E-state index in [1.54, 1.807) is 19.1 Å². The second kappa shape index (κ2) is 15.6. The smallest absolute Gasteiger partial charge is 0.329 e. The summed E-state index contributed by atoms with van der Waals surface area (Å²) in [4.78, 5) is 32.1. The number of ketones is 1. The molecule has 9 nitrogen and oxygen atoms in total. The molecule has 2 aliphatic heterocycles. The molecule has 1 aromatic heterocycles. The summed E-state index contributed by atoms with van der Waals surface area (Å²) in [5, 5.41) is 14.7. The second-order valence-corrected chi connectivity index (χ2v) is 17.8. The Hall–Kier alpha value is -3.82. The SMILES string of the molecule is CC(=O)C1CCN(C[C@H]2COc3cc4c(cc3O2)C2(CCC(Nc3cccc(Cl)c3)(C(=O)O)CC2)[C@@H](C[C@@H](C)COc2ccnc3c2[C@H](C)CCC3)C4)CC1. The molecule has 2 fully saturated rings. The maximum Gasteiger partial charge on any atom is 0.329 e. The number of pyridine rings is 1. The molecule has 0 unspecified atom stereocenters. The molecule has 0 radical (unpaired) electrons. The Balaban J connectivity index is 1.03. The third kappa shape index (κ3) is 7.68. The standard InChI is InChI=1S/C45H56ClN3O6/c1-28(26-53-39-10-17-47-38-9-4-6-29(2)42(38)39)20-33-21-32-22-40-41(55-36(27-54-40)25-49-18-11-31(12-19-49)30(3)50)24-37(32)44(33)13-15-45(16-14-44,43(51)52)48-35-8-5-7-34(46)23-35/h5,7-8,10,17,22-24,28-29,31,33,36,48H,4,6,9,11-16,18-21,25-27H2,1-3H3,(H,51,52)/t28-,29-,33+,36+,44?,45?/m1/s1. The molecule has 0 amide bonds. The van der Waals surface area contributed by atoms with Gasteiger partial charge in [0.05, 0.1) is 6.61 Å². The van der Waals surface area contributed by atoms with Crippen LogP contribution in [0.15, 0.2) is 48.7 Å². The van der Waals surface area contributed by atoms with Crippen molar-refractivity contribution in [2.75, 3.05) is 38.2 Å². The first kappa shape index (κ1) is 38.1. The number of ether oxygens (including phenoxy) is 3. The molecule has 0 bridgehead atoms. The zero-order valence-corrected chi connectivity index (χ0v) is 33.3. The van der Waals surface area contributed by atoms with Gasteiger partial charge >= 0.3 is 5.97 Å². The van der Waals surface area contributed by atoms with E-state index in [4.69, 9.17) is 25.8 Å². The van der Waals surface area contributed by atoms with Crippen LogP contribution in [0.5, 0.6) is 17.2 Å². The van der Waals surface area contributed by atoms with Crippen LogP contribution < -0.4 is 19.5 Å². The van der Waals surface area contributed by atoms with Crippen LogP contribution in [0.2, 0.25) is 5.02 Å². The number of fused-ring (bicyclic) bond motifs is 4. The Morgan fingerprint density at radius 2 is 1.89 bits per heavy atom. The zero-order valence-electron chi connectivity index (χ0n) is 32.6. The first-order chi connectivity index (χ1) is 26.5. The molecule has 1 saturated heterocycles. The number of carbonyl (C=O) groups excluding carboxylic acids is 1. The number of hydrogen-bond acceptors (Lipinski definition) is 8. The van der Waals surface area contributed by atoms with E-state index in [0.717, 1.165) is 93.9 Å². The van der Waals surface area contributed by atoms with E-state index < -0.39 is 11.5 Å². The van der Waals surface area contributed by atoms with Gasteiger partial charge in [0, 0.05) is 40.6 Å². The summed E-state index contributed by atoms with van der Waals surface area (Å²) in [6.45, 7) is 9.95. The molecule has 10 heteroatoms. The molecule has 8 rings (SSSR count). The predicted molar refractivity (Wildman–Crippen MR) is 214 cm³/mol. The number of anilines is 1. The number of likely N-dealkylation sites (tertiary alicyclic amines) is 1. The van der Waals surface area contributed by atoms with Gasteiger partial charge in [0.25, 0.3) is 0 Å². The summed E-state index contributed by atoms with van der Waals surface area (Å²) in [7, 11) is 0. The topological polar surface area (TPSA) is 110 Å². The summed E-state index contributed by atoms with van der Waals surface area (Å²) in [5.74, 6) is 3.24. The molecule has 1 saturated carbocycles. The summed E-state index contributed by atoms with van der Waals surface area (Å²) in [5.41, 5.74) is 4.45. The lowest BCUT2D eigenvalue weighted by Gasteiger charge is -2.47. The van der Waals surface area contributed by atoms with E-state index in [-0.39, 0.29) is 23.4 Å².